The summed E-state index contributed by atoms with van der Waals surface area (Å²) < 4.78 is 0. The highest BCUT2D eigenvalue weighted by molar-refractivity contribution is 5.78. The number of aliphatic hydroxyl groups is 1. The van der Waals surface area contributed by atoms with Crippen LogP contribution in [-0.2, 0) is 4.79 Å². The number of carbonyl (C=O) groups excluding carboxylic acids is 1. The lowest BCUT2D eigenvalue weighted by atomic mass is 10.1. The van der Waals surface area contributed by atoms with Crippen molar-refractivity contribution in [3.8, 4) is 0 Å². The van der Waals surface area contributed by atoms with Crippen molar-refractivity contribution >= 4 is 5.91 Å². The molecule has 0 heterocycles. The Morgan fingerprint density at radius 2 is 2.00 bits per heavy atom. The summed E-state index contributed by atoms with van der Waals surface area (Å²) in [7, 11) is 1.85. The van der Waals surface area contributed by atoms with Crippen LogP contribution < -0.4 is 5.32 Å². The van der Waals surface area contributed by atoms with Crippen LogP contribution in [0.2, 0.25) is 0 Å². The summed E-state index contributed by atoms with van der Waals surface area (Å²) in [5.41, 5.74) is -0.352. The van der Waals surface area contributed by atoms with E-state index in [1.165, 1.54) is 0 Å². The van der Waals surface area contributed by atoms with Crippen LogP contribution in [-0.4, -0.2) is 48.2 Å². The minimum Gasteiger partial charge on any atom is -0.394 e. The van der Waals surface area contributed by atoms with E-state index in [-0.39, 0.29) is 18.1 Å². The molecule has 0 saturated carbocycles. The van der Waals surface area contributed by atoms with Crippen LogP contribution >= 0.6 is 0 Å². The third kappa shape index (κ3) is 6.08. The summed E-state index contributed by atoms with van der Waals surface area (Å²) in [6.07, 6.45) is 0.999. The van der Waals surface area contributed by atoms with Crippen molar-refractivity contribution in [1.82, 2.24) is 10.2 Å². The Hall–Kier alpha value is -0.610. The Bertz CT molecular complexity index is 215. The fourth-order valence-corrected chi connectivity index (χ4v) is 1.11. The molecule has 0 rings (SSSR count). The van der Waals surface area contributed by atoms with E-state index in [0.29, 0.717) is 12.5 Å². The molecule has 1 amide bonds. The van der Waals surface area contributed by atoms with Gasteiger partial charge in [0.05, 0.1) is 13.2 Å². The number of hydrogen-bond acceptors (Lipinski definition) is 3. The van der Waals surface area contributed by atoms with Gasteiger partial charge in [-0.05, 0) is 33.2 Å². The van der Waals surface area contributed by atoms with E-state index >= 15 is 0 Å². The Kier molecular flexibility index (Phi) is 6.60. The highest BCUT2D eigenvalue weighted by atomic mass is 16.3. The van der Waals surface area contributed by atoms with Gasteiger partial charge in [-0.2, -0.15) is 0 Å². The quantitative estimate of drug-likeness (QED) is 0.682. The van der Waals surface area contributed by atoms with Crippen molar-refractivity contribution < 1.29 is 9.90 Å². The van der Waals surface area contributed by atoms with Crippen molar-refractivity contribution in [2.45, 2.75) is 39.7 Å². The van der Waals surface area contributed by atoms with Gasteiger partial charge in [-0.1, -0.05) is 13.8 Å². The predicted molar refractivity (Wildman–Crippen MR) is 66.3 cm³/mol. The third-order valence-electron chi connectivity index (χ3n) is 2.84. The van der Waals surface area contributed by atoms with Gasteiger partial charge >= 0.3 is 0 Å². The summed E-state index contributed by atoms with van der Waals surface area (Å²) in [5, 5.41) is 12.0. The van der Waals surface area contributed by atoms with Gasteiger partial charge < -0.3 is 10.4 Å². The minimum absolute atomic E-state index is 0.0182. The molecule has 0 bridgehead atoms. The standard InChI is InChI=1S/C12H26N2O2/c1-10(2)6-7-13-11(16)8-14(5)12(3,4)9-15/h10,15H,6-9H2,1-5H3,(H,13,16). The predicted octanol–water partition coefficient (Wildman–Crippen LogP) is 0.851. The first-order chi connectivity index (χ1) is 7.29. The molecule has 0 spiro atoms. The van der Waals surface area contributed by atoms with Crippen molar-refractivity contribution in [1.29, 1.82) is 0 Å². The van der Waals surface area contributed by atoms with E-state index in [1.807, 2.05) is 25.8 Å². The summed E-state index contributed by atoms with van der Waals surface area (Å²) in [6, 6.07) is 0. The Morgan fingerprint density at radius 3 is 2.44 bits per heavy atom. The number of likely N-dealkylation sites (N-methyl/N-ethyl adjacent to an activating group) is 1. The van der Waals surface area contributed by atoms with Crippen LogP contribution in [0, 0.1) is 5.92 Å². The second kappa shape index (κ2) is 6.86. The van der Waals surface area contributed by atoms with Gasteiger partial charge in [-0.15, -0.1) is 0 Å². The summed E-state index contributed by atoms with van der Waals surface area (Å²) in [5.74, 6) is 0.622. The van der Waals surface area contributed by atoms with E-state index in [4.69, 9.17) is 5.11 Å². The molecule has 96 valence electrons. The van der Waals surface area contributed by atoms with E-state index in [2.05, 4.69) is 19.2 Å². The molecule has 0 aliphatic carbocycles. The molecule has 0 aromatic carbocycles. The van der Waals surface area contributed by atoms with Crippen LogP contribution in [0.4, 0.5) is 0 Å². The number of aliphatic hydroxyl groups excluding tert-OH is 1. The lowest BCUT2D eigenvalue weighted by Crippen LogP contribution is -2.48. The number of rotatable bonds is 7. The number of nitrogens with zero attached hydrogens (tertiary/aromatic N) is 1. The molecule has 4 nitrogen and oxygen atoms in total. The molecule has 4 heteroatoms. The molecular weight excluding hydrogens is 204 g/mol. The second-order valence-electron chi connectivity index (χ2n) is 5.36. The van der Waals surface area contributed by atoms with Gasteiger partial charge in [0.2, 0.25) is 5.91 Å². The fraction of sp³-hybridized carbons (Fsp3) is 0.917. The first-order valence-corrected chi connectivity index (χ1v) is 5.88. The Morgan fingerprint density at radius 1 is 1.44 bits per heavy atom. The maximum absolute atomic E-state index is 11.6. The molecule has 0 fully saturated rings. The van der Waals surface area contributed by atoms with Gasteiger partial charge in [0, 0.05) is 12.1 Å². The van der Waals surface area contributed by atoms with Crippen molar-refractivity contribution in [3.05, 3.63) is 0 Å². The highest BCUT2D eigenvalue weighted by Crippen LogP contribution is 2.09. The molecule has 0 aromatic heterocycles. The molecule has 0 saturated heterocycles. The van der Waals surface area contributed by atoms with Crippen LogP contribution in [0.15, 0.2) is 0 Å². The van der Waals surface area contributed by atoms with E-state index in [9.17, 15) is 4.79 Å². The first-order valence-electron chi connectivity index (χ1n) is 5.88. The van der Waals surface area contributed by atoms with Crippen LogP contribution in [0.3, 0.4) is 0 Å². The smallest absolute Gasteiger partial charge is 0.234 e. The topological polar surface area (TPSA) is 52.6 Å². The van der Waals surface area contributed by atoms with Crippen LogP contribution in [0.25, 0.3) is 0 Å². The first kappa shape index (κ1) is 15.4. The summed E-state index contributed by atoms with van der Waals surface area (Å²) >= 11 is 0. The Labute approximate surface area is 99.0 Å². The fourth-order valence-electron chi connectivity index (χ4n) is 1.11. The number of carbonyl (C=O) groups is 1. The highest BCUT2D eigenvalue weighted by Gasteiger charge is 2.23. The number of amides is 1. The van der Waals surface area contributed by atoms with Crippen LogP contribution in [0.5, 0.6) is 0 Å². The minimum atomic E-state index is -0.352. The lowest BCUT2D eigenvalue weighted by Gasteiger charge is -2.33. The van der Waals surface area contributed by atoms with E-state index in [0.717, 1.165) is 13.0 Å². The molecule has 0 atom stereocenters. The second-order valence-corrected chi connectivity index (χ2v) is 5.36. The average molecular weight is 230 g/mol. The summed E-state index contributed by atoms with van der Waals surface area (Å²) in [4.78, 5) is 13.4. The van der Waals surface area contributed by atoms with Gasteiger partial charge in [-0.25, -0.2) is 0 Å². The lowest BCUT2D eigenvalue weighted by molar-refractivity contribution is -0.123. The molecule has 0 radical (unpaired) electrons. The van der Waals surface area contributed by atoms with Gasteiger partial charge in [-0.3, -0.25) is 9.69 Å². The molecule has 0 aliphatic heterocycles. The van der Waals surface area contributed by atoms with E-state index in [1.54, 1.807) is 0 Å². The maximum Gasteiger partial charge on any atom is 0.234 e. The van der Waals surface area contributed by atoms with Gasteiger partial charge in [0.25, 0.3) is 0 Å². The van der Waals surface area contributed by atoms with Crippen molar-refractivity contribution in [3.63, 3.8) is 0 Å². The SMILES string of the molecule is CC(C)CCNC(=O)CN(C)C(C)(C)CO. The van der Waals surface area contributed by atoms with Crippen LogP contribution in [0.1, 0.15) is 34.1 Å². The molecule has 0 aromatic rings. The number of nitrogens with one attached hydrogen (secondary N) is 1. The third-order valence-corrected chi connectivity index (χ3v) is 2.84. The zero-order valence-corrected chi connectivity index (χ0v) is 11.2. The molecular formula is C12H26N2O2. The zero-order chi connectivity index (χ0) is 12.8. The van der Waals surface area contributed by atoms with E-state index < -0.39 is 0 Å². The summed E-state index contributed by atoms with van der Waals surface area (Å²) in [6.45, 7) is 9.18. The number of hydrogen-bond donors (Lipinski definition) is 2. The molecule has 0 aliphatic rings. The van der Waals surface area contributed by atoms with Crippen molar-refractivity contribution in [2.75, 3.05) is 26.7 Å². The largest absolute Gasteiger partial charge is 0.394 e. The van der Waals surface area contributed by atoms with Gasteiger partial charge in [0.15, 0.2) is 0 Å². The Balaban J connectivity index is 3.87. The van der Waals surface area contributed by atoms with Crippen molar-refractivity contribution in [2.24, 2.45) is 5.92 Å². The zero-order valence-electron chi connectivity index (χ0n) is 11.2. The monoisotopic (exact) mass is 230 g/mol. The normalized spacial score (nSPS) is 12.2. The molecule has 2 N–H and O–H groups in total. The molecule has 0 unspecified atom stereocenters. The maximum atomic E-state index is 11.6. The average Bonchev–Trinajstić information content (AvgIpc) is 2.16. The molecule has 16 heavy (non-hydrogen) atoms. The van der Waals surface area contributed by atoms with Gasteiger partial charge in [0.1, 0.15) is 0 Å².